The minimum absolute atomic E-state index is 0.00494. The van der Waals surface area contributed by atoms with Crippen LogP contribution in [0.5, 0.6) is 0 Å². The Labute approximate surface area is 194 Å². The molecule has 32 heavy (non-hydrogen) atoms. The number of halogens is 1. The number of carbonyl (C=O) groups excluding carboxylic acids is 2. The Morgan fingerprint density at radius 3 is 2.53 bits per heavy atom. The van der Waals surface area contributed by atoms with Gasteiger partial charge in [-0.05, 0) is 60.7 Å². The Morgan fingerprint density at radius 2 is 1.88 bits per heavy atom. The number of sulfonamides is 1. The Balaban J connectivity index is 1.82. The highest BCUT2D eigenvalue weighted by molar-refractivity contribution is 7.89. The molecule has 0 saturated carbocycles. The highest BCUT2D eigenvalue weighted by Crippen LogP contribution is 2.31. The number of rotatable bonds is 7. The maximum Gasteiger partial charge on any atom is 0.242 e. The number of anilines is 2. The Bertz CT molecular complexity index is 1150. The van der Waals surface area contributed by atoms with Gasteiger partial charge in [0, 0.05) is 29.4 Å². The van der Waals surface area contributed by atoms with Crippen molar-refractivity contribution in [1.29, 1.82) is 0 Å². The van der Waals surface area contributed by atoms with Gasteiger partial charge in [0.15, 0.2) is 0 Å². The van der Waals surface area contributed by atoms with Crippen molar-refractivity contribution in [2.45, 2.75) is 51.5 Å². The molecule has 3 rings (SSSR count). The van der Waals surface area contributed by atoms with Crippen LogP contribution in [0.2, 0.25) is 5.02 Å². The van der Waals surface area contributed by atoms with E-state index in [1.54, 1.807) is 56.0 Å². The van der Waals surface area contributed by atoms with Crippen LogP contribution in [-0.2, 0) is 26.0 Å². The zero-order valence-electron chi connectivity index (χ0n) is 18.6. The first kappa shape index (κ1) is 24.2. The number of aryl methyl sites for hydroxylation is 1. The topological polar surface area (TPSA) is 95.6 Å². The van der Waals surface area contributed by atoms with Crippen LogP contribution in [-0.4, -0.2) is 32.8 Å². The molecule has 1 unspecified atom stereocenters. The van der Waals surface area contributed by atoms with Gasteiger partial charge in [-0.15, -0.1) is 0 Å². The van der Waals surface area contributed by atoms with Crippen molar-refractivity contribution in [2.24, 2.45) is 5.92 Å². The molecule has 2 amide bonds. The second-order valence-electron chi connectivity index (χ2n) is 8.23. The molecule has 0 fully saturated rings. The molecule has 2 aromatic rings. The lowest BCUT2D eigenvalue weighted by Gasteiger charge is -2.22. The highest BCUT2D eigenvalue weighted by Gasteiger charge is 2.30. The smallest absolute Gasteiger partial charge is 0.242 e. The summed E-state index contributed by atoms with van der Waals surface area (Å²) in [4.78, 5) is 26.8. The van der Waals surface area contributed by atoms with Crippen LogP contribution in [0.3, 0.4) is 0 Å². The lowest BCUT2D eigenvalue weighted by Crippen LogP contribution is -2.47. The van der Waals surface area contributed by atoms with Crippen LogP contribution in [0.25, 0.3) is 0 Å². The molecule has 0 aromatic heterocycles. The minimum atomic E-state index is -3.97. The molecule has 1 aliphatic rings. The van der Waals surface area contributed by atoms with E-state index in [0.29, 0.717) is 30.1 Å². The van der Waals surface area contributed by atoms with E-state index in [1.165, 1.54) is 6.07 Å². The summed E-state index contributed by atoms with van der Waals surface area (Å²) in [5.74, 6) is -0.753. The van der Waals surface area contributed by atoms with Crippen LogP contribution in [0, 0.1) is 12.8 Å². The lowest BCUT2D eigenvalue weighted by atomic mass is 10.0. The quantitative estimate of drug-likeness (QED) is 0.632. The molecule has 172 valence electrons. The van der Waals surface area contributed by atoms with Crippen molar-refractivity contribution in [2.75, 3.05) is 16.8 Å². The van der Waals surface area contributed by atoms with Crippen molar-refractivity contribution >= 4 is 44.8 Å². The zero-order valence-corrected chi connectivity index (χ0v) is 20.2. The minimum Gasteiger partial charge on any atom is -0.324 e. The van der Waals surface area contributed by atoms with Gasteiger partial charge in [0.05, 0.1) is 4.90 Å². The third-order valence-corrected chi connectivity index (χ3v) is 7.22. The van der Waals surface area contributed by atoms with E-state index in [-0.39, 0.29) is 16.7 Å². The van der Waals surface area contributed by atoms with Crippen LogP contribution >= 0.6 is 11.6 Å². The number of hydrogen-bond acceptors (Lipinski definition) is 4. The molecule has 1 heterocycles. The van der Waals surface area contributed by atoms with Gasteiger partial charge >= 0.3 is 0 Å². The number of benzene rings is 2. The molecule has 0 radical (unpaired) electrons. The molecule has 9 heteroatoms. The zero-order chi connectivity index (χ0) is 23.6. The first-order valence-electron chi connectivity index (χ1n) is 10.6. The first-order valence-corrected chi connectivity index (χ1v) is 12.4. The summed E-state index contributed by atoms with van der Waals surface area (Å²) in [6.07, 6.45) is 0.977. The van der Waals surface area contributed by atoms with Crippen molar-refractivity contribution in [3.8, 4) is 0 Å². The van der Waals surface area contributed by atoms with Crippen LogP contribution < -0.4 is 14.9 Å². The van der Waals surface area contributed by atoms with Gasteiger partial charge in [0.2, 0.25) is 21.8 Å². The molecule has 0 bridgehead atoms. The Hall–Kier alpha value is -2.42. The van der Waals surface area contributed by atoms with Crippen LogP contribution in [0.4, 0.5) is 11.4 Å². The molecule has 1 aliphatic heterocycles. The molecule has 7 nitrogen and oxygen atoms in total. The van der Waals surface area contributed by atoms with E-state index in [0.717, 1.165) is 16.8 Å². The summed E-state index contributed by atoms with van der Waals surface area (Å²) in [5.41, 5.74) is 2.89. The molecule has 0 saturated heterocycles. The van der Waals surface area contributed by atoms with E-state index in [9.17, 15) is 18.0 Å². The normalized spacial score (nSPS) is 14.4. The van der Waals surface area contributed by atoms with E-state index >= 15 is 0 Å². The molecule has 0 aliphatic carbocycles. The molecular weight excluding hydrogens is 450 g/mol. The number of nitrogens with one attached hydrogen (secondary N) is 2. The predicted octanol–water partition coefficient (Wildman–Crippen LogP) is 3.89. The summed E-state index contributed by atoms with van der Waals surface area (Å²) in [5, 5.41) is 3.25. The summed E-state index contributed by atoms with van der Waals surface area (Å²) in [7, 11) is -3.97. The van der Waals surface area contributed by atoms with Gasteiger partial charge in [-0.2, -0.15) is 4.72 Å². The van der Waals surface area contributed by atoms with E-state index in [4.69, 9.17) is 11.6 Å². The maximum absolute atomic E-state index is 13.1. The van der Waals surface area contributed by atoms with Gasteiger partial charge in [-0.3, -0.25) is 9.59 Å². The van der Waals surface area contributed by atoms with E-state index in [1.807, 2.05) is 6.92 Å². The number of amides is 2. The number of carbonyl (C=O) groups is 2. The first-order chi connectivity index (χ1) is 15.0. The van der Waals surface area contributed by atoms with E-state index < -0.39 is 22.0 Å². The summed E-state index contributed by atoms with van der Waals surface area (Å²) in [6.45, 7) is 7.71. The average molecular weight is 478 g/mol. The third-order valence-electron chi connectivity index (χ3n) is 5.55. The van der Waals surface area contributed by atoms with Crippen molar-refractivity contribution in [3.05, 3.63) is 52.5 Å². The van der Waals surface area contributed by atoms with E-state index in [2.05, 4.69) is 10.0 Å². The van der Waals surface area contributed by atoms with Crippen LogP contribution in [0.1, 0.15) is 38.3 Å². The fourth-order valence-corrected chi connectivity index (χ4v) is 5.23. The van der Waals surface area contributed by atoms with Gasteiger partial charge in [0.1, 0.15) is 6.04 Å². The van der Waals surface area contributed by atoms with Crippen molar-refractivity contribution in [3.63, 3.8) is 0 Å². The maximum atomic E-state index is 13.1. The average Bonchev–Trinajstić information content (AvgIpc) is 3.17. The largest absolute Gasteiger partial charge is 0.324 e. The standard InChI is InChI=1S/C23H28ClN3O4S/c1-5-21(28)27-11-10-16-12-18(8-9-20(16)27)32(30,31)26-22(14(2)3)23(29)25-19-13-17(24)7-6-15(19)4/h6-9,12-14,22,26H,5,10-11H2,1-4H3,(H,25,29). The number of hydrogen-bond donors (Lipinski definition) is 2. The summed E-state index contributed by atoms with van der Waals surface area (Å²) < 4.78 is 28.8. The van der Waals surface area contributed by atoms with Crippen molar-refractivity contribution < 1.29 is 18.0 Å². The molecule has 2 aromatic carbocycles. The fourth-order valence-electron chi connectivity index (χ4n) is 3.66. The third kappa shape index (κ3) is 5.14. The van der Waals surface area contributed by atoms with Gasteiger partial charge in [0.25, 0.3) is 0 Å². The Morgan fingerprint density at radius 1 is 1.16 bits per heavy atom. The van der Waals surface area contributed by atoms with Gasteiger partial charge in [-0.1, -0.05) is 38.4 Å². The lowest BCUT2D eigenvalue weighted by molar-refractivity contribution is -0.119. The monoisotopic (exact) mass is 477 g/mol. The molecular formula is C23H28ClN3O4S. The SMILES string of the molecule is CCC(=O)N1CCc2cc(S(=O)(=O)NC(C(=O)Nc3cc(Cl)ccc3C)C(C)C)ccc21. The highest BCUT2D eigenvalue weighted by atomic mass is 35.5. The van der Waals surface area contributed by atoms with Gasteiger partial charge in [-0.25, -0.2) is 8.42 Å². The number of fused-ring (bicyclic) bond motifs is 1. The molecule has 1 atom stereocenters. The van der Waals surface area contributed by atoms with Gasteiger partial charge < -0.3 is 10.2 Å². The second-order valence-corrected chi connectivity index (χ2v) is 10.4. The van der Waals surface area contributed by atoms with Crippen molar-refractivity contribution in [1.82, 2.24) is 4.72 Å². The molecule has 0 spiro atoms. The predicted molar refractivity (Wildman–Crippen MR) is 127 cm³/mol. The number of nitrogens with zero attached hydrogens (tertiary/aromatic N) is 1. The van der Waals surface area contributed by atoms with Crippen LogP contribution in [0.15, 0.2) is 41.3 Å². The fraction of sp³-hybridized carbons (Fsp3) is 0.391. The summed E-state index contributed by atoms with van der Waals surface area (Å²) >= 11 is 6.03. The second kappa shape index (κ2) is 9.60. The Kier molecular flexibility index (Phi) is 7.27. The molecule has 2 N–H and O–H groups in total. The summed E-state index contributed by atoms with van der Waals surface area (Å²) in [6, 6.07) is 8.86.